The van der Waals surface area contributed by atoms with Crippen LogP contribution in [0.2, 0.25) is 0 Å². The molecule has 1 aliphatic heterocycles. The number of halogens is 1. The third kappa shape index (κ3) is 2.42. The molecule has 4 heteroatoms. The first-order valence-corrected chi connectivity index (χ1v) is 5.35. The molecule has 14 heavy (non-hydrogen) atoms. The Hall–Kier alpha value is -0.670. The second-order valence-electron chi connectivity index (χ2n) is 3.57. The zero-order valence-electron chi connectivity index (χ0n) is 7.95. The largest absolute Gasteiger partial charge is 0.381 e. The second-order valence-corrected chi connectivity index (χ2v) is 3.84. The van der Waals surface area contributed by atoms with Crippen LogP contribution in [0.15, 0.2) is 12.4 Å². The Balaban J connectivity index is 1.95. The number of rotatable bonds is 3. The molecule has 2 heterocycles. The summed E-state index contributed by atoms with van der Waals surface area (Å²) in [5, 5.41) is 0. The summed E-state index contributed by atoms with van der Waals surface area (Å²) in [7, 11) is 0. The van der Waals surface area contributed by atoms with E-state index in [-0.39, 0.29) is 0 Å². The lowest BCUT2D eigenvalue weighted by atomic mass is 10.1. The Bertz CT molecular complexity index is 283. The van der Waals surface area contributed by atoms with E-state index in [0.717, 1.165) is 37.4 Å². The van der Waals surface area contributed by atoms with E-state index in [1.165, 1.54) is 0 Å². The lowest BCUT2D eigenvalue weighted by Gasteiger charge is -2.05. The van der Waals surface area contributed by atoms with Gasteiger partial charge in [0.25, 0.3) is 0 Å². The minimum absolute atomic E-state index is 0.479. The third-order valence-electron chi connectivity index (χ3n) is 2.41. The van der Waals surface area contributed by atoms with Crippen molar-refractivity contribution >= 4 is 11.6 Å². The van der Waals surface area contributed by atoms with Crippen molar-refractivity contribution in [3.63, 3.8) is 0 Å². The van der Waals surface area contributed by atoms with Gasteiger partial charge < -0.3 is 4.74 Å². The van der Waals surface area contributed by atoms with Crippen LogP contribution in [-0.2, 0) is 17.0 Å². The van der Waals surface area contributed by atoms with Crippen LogP contribution >= 0.6 is 11.6 Å². The summed E-state index contributed by atoms with van der Waals surface area (Å²) in [4.78, 5) is 8.52. The summed E-state index contributed by atoms with van der Waals surface area (Å²) >= 11 is 5.65. The molecule has 1 aromatic heterocycles. The highest BCUT2D eigenvalue weighted by Crippen LogP contribution is 2.16. The molecule has 0 aliphatic carbocycles. The van der Waals surface area contributed by atoms with E-state index in [2.05, 4.69) is 9.97 Å². The number of ether oxygens (including phenoxy) is 1. The van der Waals surface area contributed by atoms with E-state index in [1.54, 1.807) is 12.4 Å². The molecule has 0 spiro atoms. The summed E-state index contributed by atoms with van der Waals surface area (Å²) in [6, 6.07) is 0. The van der Waals surface area contributed by atoms with E-state index in [0.29, 0.717) is 11.8 Å². The number of nitrogens with zero attached hydrogens (tertiary/aromatic N) is 2. The van der Waals surface area contributed by atoms with Gasteiger partial charge in [0.2, 0.25) is 0 Å². The third-order valence-corrected chi connectivity index (χ3v) is 2.72. The van der Waals surface area contributed by atoms with Gasteiger partial charge in [-0.1, -0.05) is 0 Å². The molecule has 1 atom stereocenters. The highest BCUT2D eigenvalue weighted by Gasteiger charge is 2.16. The van der Waals surface area contributed by atoms with Crippen molar-refractivity contribution < 1.29 is 4.74 Å². The average Bonchev–Trinajstić information content (AvgIpc) is 2.72. The fourth-order valence-electron chi connectivity index (χ4n) is 1.56. The van der Waals surface area contributed by atoms with Crippen LogP contribution < -0.4 is 0 Å². The van der Waals surface area contributed by atoms with E-state index in [4.69, 9.17) is 16.3 Å². The quantitative estimate of drug-likeness (QED) is 0.717. The van der Waals surface area contributed by atoms with Crippen LogP contribution in [0.4, 0.5) is 0 Å². The smallest absolute Gasteiger partial charge is 0.128 e. The molecule has 1 aromatic rings. The zero-order valence-corrected chi connectivity index (χ0v) is 8.70. The fourth-order valence-corrected chi connectivity index (χ4v) is 1.70. The van der Waals surface area contributed by atoms with Gasteiger partial charge in [-0.25, -0.2) is 9.97 Å². The van der Waals surface area contributed by atoms with Crippen molar-refractivity contribution in [2.45, 2.75) is 18.7 Å². The number of hydrogen-bond acceptors (Lipinski definition) is 3. The van der Waals surface area contributed by atoms with Gasteiger partial charge in [0.15, 0.2) is 0 Å². The lowest BCUT2D eigenvalue weighted by Crippen LogP contribution is -2.07. The number of alkyl halides is 1. The Morgan fingerprint density at radius 2 is 2.21 bits per heavy atom. The maximum atomic E-state index is 5.65. The monoisotopic (exact) mass is 212 g/mol. The van der Waals surface area contributed by atoms with Gasteiger partial charge in [0, 0.05) is 37.6 Å². The summed E-state index contributed by atoms with van der Waals surface area (Å²) in [6.45, 7) is 1.73. The van der Waals surface area contributed by atoms with Gasteiger partial charge in [-0.05, 0) is 12.3 Å². The molecule has 1 saturated heterocycles. The van der Waals surface area contributed by atoms with Crippen LogP contribution in [0.3, 0.4) is 0 Å². The zero-order chi connectivity index (χ0) is 9.80. The molecule has 0 bridgehead atoms. The Labute approximate surface area is 88.5 Å². The topological polar surface area (TPSA) is 35.0 Å². The second kappa shape index (κ2) is 4.71. The first kappa shape index (κ1) is 9.87. The summed E-state index contributed by atoms with van der Waals surface area (Å²) in [6.07, 6.45) is 5.64. The SMILES string of the molecule is ClCc1cnc(CC2CCOC2)nc1. The van der Waals surface area contributed by atoms with E-state index in [1.807, 2.05) is 0 Å². The van der Waals surface area contributed by atoms with Crippen molar-refractivity contribution in [1.29, 1.82) is 0 Å². The van der Waals surface area contributed by atoms with Gasteiger partial charge in [0.05, 0.1) is 5.88 Å². The Kier molecular flexibility index (Phi) is 3.32. The maximum Gasteiger partial charge on any atom is 0.128 e. The molecular weight excluding hydrogens is 200 g/mol. The molecule has 0 aromatic carbocycles. The van der Waals surface area contributed by atoms with E-state index in [9.17, 15) is 0 Å². The van der Waals surface area contributed by atoms with Crippen LogP contribution in [0.25, 0.3) is 0 Å². The highest BCUT2D eigenvalue weighted by molar-refractivity contribution is 6.17. The molecule has 0 N–H and O–H groups in total. The molecule has 1 fully saturated rings. The maximum absolute atomic E-state index is 5.65. The van der Waals surface area contributed by atoms with Crippen LogP contribution in [0.5, 0.6) is 0 Å². The summed E-state index contributed by atoms with van der Waals surface area (Å²) in [5.74, 6) is 1.97. The predicted octanol–water partition coefficient (Wildman–Crippen LogP) is 1.79. The Morgan fingerprint density at radius 3 is 2.79 bits per heavy atom. The van der Waals surface area contributed by atoms with Gasteiger partial charge in [-0.15, -0.1) is 11.6 Å². The number of aromatic nitrogens is 2. The van der Waals surface area contributed by atoms with Crippen LogP contribution in [0, 0.1) is 5.92 Å². The lowest BCUT2D eigenvalue weighted by molar-refractivity contribution is 0.185. The molecule has 0 radical (unpaired) electrons. The highest BCUT2D eigenvalue weighted by atomic mass is 35.5. The fraction of sp³-hybridized carbons (Fsp3) is 0.600. The normalized spacial score (nSPS) is 21.4. The summed E-state index contributed by atoms with van der Waals surface area (Å²) < 4.78 is 5.30. The van der Waals surface area contributed by atoms with Crippen molar-refractivity contribution in [2.24, 2.45) is 5.92 Å². The molecule has 2 rings (SSSR count). The Morgan fingerprint density at radius 1 is 1.43 bits per heavy atom. The average molecular weight is 213 g/mol. The summed E-state index contributed by atoms with van der Waals surface area (Å²) in [5.41, 5.74) is 0.970. The molecule has 76 valence electrons. The van der Waals surface area contributed by atoms with Gasteiger partial charge >= 0.3 is 0 Å². The molecule has 1 aliphatic rings. The van der Waals surface area contributed by atoms with Crippen molar-refractivity contribution in [3.05, 3.63) is 23.8 Å². The predicted molar refractivity (Wildman–Crippen MR) is 54.2 cm³/mol. The van der Waals surface area contributed by atoms with Crippen molar-refractivity contribution in [3.8, 4) is 0 Å². The molecule has 0 amide bonds. The van der Waals surface area contributed by atoms with E-state index < -0.39 is 0 Å². The molecule has 3 nitrogen and oxygen atoms in total. The standard InChI is InChI=1S/C10H13ClN2O/c11-4-9-5-12-10(13-6-9)3-8-1-2-14-7-8/h5-6,8H,1-4,7H2. The van der Waals surface area contributed by atoms with Gasteiger partial charge in [-0.3, -0.25) is 0 Å². The van der Waals surface area contributed by atoms with E-state index >= 15 is 0 Å². The minimum atomic E-state index is 0.479. The van der Waals surface area contributed by atoms with Crippen LogP contribution in [-0.4, -0.2) is 23.2 Å². The van der Waals surface area contributed by atoms with Crippen molar-refractivity contribution in [1.82, 2.24) is 9.97 Å². The molecular formula is C10H13ClN2O. The molecule has 1 unspecified atom stereocenters. The van der Waals surface area contributed by atoms with Crippen LogP contribution in [0.1, 0.15) is 17.8 Å². The minimum Gasteiger partial charge on any atom is -0.381 e. The molecule has 0 saturated carbocycles. The van der Waals surface area contributed by atoms with Gasteiger partial charge in [-0.2, -0.15) is 0 Å². The van der Waals surface area contributed by atoms with Crippen molar-refractivity contribution in [2.75, 3.05) is 13.2 Å². The number of hydrogen-bond donors (Lipinski definition) is 0. The van der Waals surface area contributed by atoms with Gasteiger partial charge in [0.1, 0.15) is 5.82 Å². The first-order chi connectivity index (χ1) is 6.88. The first-order valence-electron chi connectivity index (χ1n) is 4.82.